The van der Waals surface area contributed by atoms with Crippen LogP contribution in [0.1, 0.15) is 34.6 Å². The molecular formula is C9H20N2. The number of hydrogen-bond acceptors (Lipinski definition) is 2. The summed E-state index contributed by atoms with van der Waals surface area (Å²) >= 11 is 0. The molecule has 0 rings (SSSR count). The molecule has 0 heterocycles. The van der Waals surface area contributed by atoms with Crippen LogP contribution in [0.15, 0.2) is 4.99 Å². The normalized spacial score (nSPS) is 15.2. The van der Waals surface area contributed by atoms with Crippen molar-refractivity contribution >= 4 is 6.21 Å². The van der Waals surface area contributed by atoms with Crippen LogP contribution in [0, 0.1) is 5.92 Å². The smallest absolute Gasteiger partial charge is 0.0963 e. The van der Waals surface area contributed by atoms with Gasteiger partial charge in [0.15, 0.2) is 0 Å². The fourth-order valence-electron chi connectivity index (χ4n) is 0.827. The van der Waals surface area contributed by atoms with Gasteiger partial charge < -0.3 is 0 Å². The van der Waals surface area contributed by atoms with Gasteiger partial charge in [0.2, 0.25) is 0 Å². The van der Waals surface area contributed by atoms with Crippen LogP contribution in [-0.4, -0.2) is 18.4 Å². The molecule has 1 atom stereocenters. The van der Waals surface area contributed by atoms with E-state index in [2.05, 4.69) is 44.9 Å². The summed E-state index contributed by atoms with van der Waals surface area (Å²) in [5.41, 5.74) is 0. The van der Waals surface area contributed by atoms with Gasteiger partial charge in [0.1, 0.15) is 0 Å². The molecule has 66 valence electrons. The standard InChI is InChI=1S/C9H20N2/c1-7(2)6-10-9(5)11-8(3)4/h6-9,11H,1-5H3. The Labute approximate surface area is 70.1 Å². The van der Waals surface area contributed by atoms with E-state index in [9.17, 15) is 0 Å². The Morgan fingerprint density at radius 2 is 1.64 bits per heavy atom. The first-order valence-corrected chi connectivity index (χ1v) is 4.31. The fraction of sp³-hybridized carbons (Fsp3) is 0.889. The molecule has 1 N–H and O–H groups in total. The molecule has 0 saturated heterocycles. The van der Waals surface area contributed by atoms with Crippen molar-refractivity contribution < 1.29 is 0 Å². The van der Waals surface area contributed by atoms with E-state index in [-0.39, 0.29) is 6.17 Å². The molecule has 0 bridgehead atoms. The molecule has 0 fully saturated rings. The van der Waals surface area contributed by atoms with Crippen LogP contribution in [0.25, 0.3) is 0 Å². The fourth-order valence-corrected chi connectivity index (χ4v) is 0.827. The Morgan fingerprint density at radius 3 is 2.00 bits per heavy atom. The lowest BCUT2D eigenvalue weighted by Gasteiger charge is -2.12. The summed E-state index contributed by atoms with van der Waals surface area (Å²) < 4.78 is 0. The van der Waals surface area contributed by atoms with Gasteiger partial charge in [0.05, 0.1) is 6.17 Å². The highest BCUT2D eigenvalue weighted by Crippen LogP contribution is 1.90. The van der Waals surface area contributed by atoms with Crippen LogP contribution in [-0.2, 0) is 0 Å². The van der Waals surface area contributed by atoms with Crippen molar-refractivity contribution in [2.24, 2.45) is 10.9 Å². The highest BCUT2D eigenvalue weighted by Gasteiger charge is 1.98. The van der Waals surface area contributed by atoms with Crippen LogP contribution in [0.3, 0.4) is 0 Å². The summed E-state index contributed by atoms with van der Waals surface area (Å²) in [7, 11) is 0. The molecule has 1 unspecified atom stereocenters. The zero-order valence-electron chi connectivity index (χ0n) is 8.26. The Kier molecular flexibility index (Phi) is 5.12. The van der Waals surface area contributed by atoms with Gasteiger partial charge >= 0.3 is 0 Å². The Bertz CT molecular complexity index is 117. The second-order valence-electron chi connectivity index (χ2n) is 3.54. The SMILES string of the molecule is CC(C)C=NC(C)NC(C)C. The van der Waals surface area contributed by atoms with E-state index in [0.29, 0.717) is 12.0 Å². The quantitative estimate of drug-likeness (QED) is 0.619. The minimum atomic E-state index is 0.248. The van der Waals surface area contributed by atoms with Gasteiger partial charge in [-0.2, -0.15) is 0 Å². The highest BCUT2D eigenvalue weighted by molar-refractivity contribution is 5.59. The lowest BCUT2D eigenvalue weighted by Crippen LogP contribution is -2.31. The summed E-state index contributed by atoms with van der Waals surface area (Å²) in [5, 5.41) is 3.30. The van der Waals surface area contributed by atoms with E-state index >= 15 is 0 Å². The molecule has 0 aliphatic carbocycles. The molecule has 0 spiro atoms. The molecule has 2 nitrogen and oxygen atoms in total. The maximum atomic E-state index is 4.33. The zero-order chi connectivity index (χ0) is 8.85. The van der Waals surface area contributed by atoms with Gasteiger partial charge in [-0.15, -0.1) is 0 Å². The molecular weight excluding hydrogens is 136 g/mol. The van der Waals surface area contributed by atoms with E-state index in [1.165, 1.54) is 0 Å². The first kappa shape index (κ1) is 10.6. The Hall–Kier alpha value is -0.370. The molecule has 11 heavy (non-hydrogen) atoms. The summed E-state index contributed by atoms with van der Waals surface area (Å²) in [4.78, 5) is 4.33. The highest BCUT2D eigenvalue weighted by atomic mass is 15.1. The zero-order valence-corrected chi connectivity index (χ0v) is 8.26. The first-order chi connectivity index (χ1) is 5.02. The van der Waals surface area contributed by atoms with Crippen LogP contribution >= 0.6 is 0 Å². The molecule has 0 amide bonds. The molecule has 0 saturated carbocycles. The van der Waals surface area contributed by atoms with E-state index in [1.54, 1.807) is 0 Å². The van der Waals surface area contributed by atoms with Crippen molar-refractivity contribution in [1.82, 2.24) is 5.32 Å². The van der Waals surface area contributed by atoms with Crippen molar-refractivity contribution in [1.29, 1.82) is 0 Å². The van der Waals surface area contributed by atoms with Gasteiger partial charge in [-0.25, -0.2) is 0 Å². The average Bonchev–Trinajstić information content (AvgIpc) is 1.82. The van der Waals surface area contributed by atoms with Crippen LogP contribution in [0.2, 0.25) is 0 Å². The van der Waals surface area contributed by atoms with E-state index in [0.717, 1.165) is 0 Å². The molecule has 0 aromatic carbocycles. The summed E-state index contributed by atoms with van der Waals surface area (Å²) in [6.07, 6.45) is 2.23. The molecule has 0 aromatic rings. The summed E-state index contributed by atoms with van der Waals surface area (Å²) in [6, 6.07) is 0.509. The minimum Gasteiger partial charge on any atom is -0.294 e. The third-order valence-corrected chi connectivity index (χ3v) is 1.18. The van der Waals surface area contributed by atoms with Crippen molar-refractivity contribution in [2.45, 2.75) is 46.8 Å². The van der Waals surface area contributed by atoms with Crippen LogP contribution < -0.4 is 5.32 Å². The maximum Gasteiger partial charge on any atom is 0.0963 e. The third kappa shape index (κ3) is 7.53. The maximum absolute atomic E-state index is 4.33. The molecule has 0 aromatic heterocycles. The lowest BCUT2D eigenvalue weighted by atomic mass is 10.2. The number of rotatable bonds is 4. The number of hydrogen-bond donors (Lipinski definition) is 1. The summed E-state index contributed by atoms with van der Waals surface area (Å²) in [6.45, 7) is 10.6. The monoisotopic (exact) mass is 156 g/mol. The van der Waals surface area contributed by atoms with Gasteiger partial charge in [0.25, 0.3) is 0 Å². The molecule has 2 heteroatoms. The predicted molar refractivity (Wildman–Crippen MR) is 51.1 cm³/mol. The lowest BCUT2D eigenvalue weighted by molar-refractivity contribution is 0.504. The number of aliphatic imine (C=N–C) groups is 1. The van der Waals surface area contributed by atoms with Crippen molar-refractivity contribution in [3.63, 3.8) is 0 Å². The first-order valence-electron chi connectivity index (χ1n) is 4.31. The number of nitrogens with one attached hydrogen (secondary N) is 1. The van der Waals surface area contributed by atoms with E-state index < -0.39 is 0 Å². The van der Waals surface area contributed by atoms with Crippen molar-refractivity contribution in [3.05, 3.63) is 0 Å². The number of nitrogens with zero attached hydrogens (tertiary/aromatic N) is 1. The van der Waals surface area contributed by atoms with Crippen LogP contribution in [0.5, 0.6) is 0 Å². The second kappa shape index (κ2) is 5.30. The Balaban J connectivity index is 3.59. The predicted octanol–water partition coefficient (Wildman–Crippen LogP) is 2.06. The summed E-state index contributed by atoms with van der Waals surface area (Å²) in [5.74, 6) is 0.548. The van der Waals surface area contributed by atoms with Crippen molar-refractivity contribution in [3.8, 4) is 0 Å². The largest absolute Gasteiger partial charge is 0.294 e. The van der Waals surface area contributed by atoms with Gasteiger partial charge in [-0.3, -0.25) is 10.3 Å². The second-order valence-corrected chi connectivity index (χ2v) is 3.54. The van der Waals surface area contributed by atoms with Crippen molar-refractivity contribution in [2.75, 3.05) is 0 Å². The minimum absolute atomic E-state index is 0.248. The molecule has 0 radical (unpaired) electrons. The Morgan fingerprint density at radius 1 is 1.09 bits per heavy atom. The third-order valence-electron chi connectivity index (χ3n) is 1.18. The van der Waals surface area contributed by atoms with Crippen LogP contribution in [0.4, 0.5) is 0 Å². The van der Waals surface area contributed by atoms with E-state index in [1.807, 2.05) is 6.21 Å². The topological polar surface area (TPSA) is 24.4 Å². The van der Waals surface area contributed by atoms with Gasteiger partial charge in [0, 0.05) is 12.3 Å². The van der Waals surface area contributed by atoms with E-state index in [4.69, 9.17) is 0 Å². The average molecular weight is 156 g/mol. The molecule has 0 aliphatic heterocycles. The van der Waals surface area contributed by atoms with Gasteiger partial charge in [-0.05, 0) is 26.7 Å². The molecule has 0 aliphatic rings. The van der Waals surface area contributed by atoms with Gasteiger partial charge in [-0.1, -0.05) is 13.8 Å².